The Morgan fingerprint density at radius 1 is 1.35 bits per heavy atom. The number of hydrogen-bond acceptors (Lipinski definition) is 2. The van der Waals surface area contributed by atoms with Gasteiger partial charge in [0.05, 0.1) is 12.0 Å². The van der Waals surface area contributed by atoms with Crippen molar-refractivity contribution in [2.75, 3.05) is 13.6 Å². The first-order valence-corrected chi connectivity index (χ1v) is 6.38. The van der Waals surface area contributed by atoms with Gasteiger partial charge in [-0.1, -0.05) is 18.2 Å². The summed E-state index contributed by atoms with van der Waals surface area (Å²) in [5.74, 6) is 0.106. The first-order valence-electron chi connectivity index (χ1n) is 6.38. The lowest BCUT2D eigenvalue weighted by Crippen LogP contribution is -2.23. The van der Waals surface area contributed by atoms with E-state index in [0.29, 0.717) is 0 Å². The van der Waals surface area contributed by atoms with Crippen LogP contribution in [0, 0.1) is 17.2 Å². The van der Waals surface area contributed by atoms with Crippen molar-refractivity contribution in [1.29, 1.82) is 5.26 Å². The molecular weight excluding hydrogens is 208 g/mol. The van der Waals surface area contributed by atoms with Crippen molar-refractivity contribution in [2.45, 2.75) is 32.7 Å². The lowest BCUT2D eigenvalue weighted by Gasteiger charge is -2.18. The minimum atomic E-state index is 0.106. The summed E-state index contributed by atoms with van der Waals surface area (Å²) in [6.45, 7) is 3.76. The van der Waals surface area contributed by atoms with E-state index in [-0.39, 0.29) is 5.92 Å². The van der Waals surface area contributed by atoms with Crippen LogP contribution < -0.4 is 0 Å². The molecule has 17 heavy (non-hydrogen) atoms. The predicted octanol–water partition coefficient (Wildman–Crippen LogP) is 2.77. The minimum absolute atomic E-state index is 0.106. The van der Waals surface area contributed by atoms with Crippen LogP contribution in [0.3, 0.4) is 0 Å². The van der Waals surface area contributed by atoms with Crippen molar-refractivity contribution in [3.8, 4) is 6.07 Å². The van der Waals surface area contributed by atoms with E-state index in [9.17, 15) is 0 Å². The SMILES string of the molecule is CC(C#N)CN(C)Cc1ccc2c(c1)CCC2. The maximum atomic E-state index is 8.80. The van der Waals surface area contributed by atoms with Crippen molar-refractivity contribution < 1.29 is 0 Å². The Hall–Kier alpha value is -1.33. The molecule has 2 rings (SSSR count). The quantitative estimate of drug-likeness (QED) is 0.792. The fourth-order valence-electron chi connectivity index (χ4n) is 2.61. The molecule has 0 aromatic heterocycles. The van der Waals surface area contributed by atoms with E-state index < -0.39 is 0 Å². The van der Waals surface area contributed by atoms with Gasteiger partial charge in [-0.3, -0.25) is 0 Å². The molecule has 0 spiro atoms. The molecule has 1 atom stereocenters. The number of fused-ring (bicyclic) bond motifs is 1. The summed E-state index contributed by atoms with van der Waals surface area (Å²) in [5, 5.41) is 8.80. The van der Waals surface area contributed by atoms with Crippen LogP contribution in [0.5, 0.6) is 0 Å². The summed E-state index contributed by atoms with van der Waals surface area (Å²) in [6.07, 6.45) is 3.79. The van der Waals surface area contributed by atoms with E-state index in [2.05, 4.69) is 36.2 Å². The predicted molar refractivity (Wildman–Crippen MR) is 69.6 cm³/mol. The molecule has 0 radical (unpaired) electrons. The van der Waals surface area contributed by atoms with Crippen molar-refractivity contribution >= 4 is 0 Å². The van der Waals surface area contributed by atoms with Crippen molar-refractivity contribution in [3.63, 3.8) is 0 Å². The third kappa shape index (κ3) is 3.08. The van der Waals surface area contributed by atoms with Gasteiger partial charge in [-0.05, 0) is 49.9 Å². The molecule has 0 heterocycles. The number of nitrogens with zero attached hydrogens (tertiary/aromatic N) is 2. The molecule has 90 valence electrons. The van der Waals surface area contributed by atoms with E-state index in [1.807, 2.05) is 6.92 Å². The van der Waals surface area contributed by atoms with Crippen LogP contribution in [0.4, 0.5) is 0 Å². The normalized spacial score (nSPS) is 15.6. The fourth-order valence-corrected chi connectivity index (χ4v) is 2.61. The van der Waals surface area contributed by atoms with E-state index in [4.69, 9.17) is 5.26 Å². The number of rotatable bonds is 4. The molecule has 1 unspecified atom stereocenters. The number of aryl methyl sites for hydroxylation is 2. The smallest absolute Gasteiger partial charge is 0.0666 e. The van der Waals surface area contributed by atoms with Gasteiger partial charge in [0.25, 0.3) is 0 Å². The monoisotopic (exact) mass is 228 g/mol. The molecule has 0 saturated carbocycles. The molecule has 0 amide bonds. The zero-order chi connectivity index (χ0) is 12.3. The van der Waals surface area contributed by atoms with Gasteiger partial charge in [0.15, 0.2) is 0 Å². The molecule has 1 aromatic carbocycles. The van der Waals surface area contributed by atoms with Crippen molar-refractivity contribution in [3.05, 3.63) is 34.9 Å². The van der Waals surface area contributed by atoms with Crippen LogP contribution in [0.25, 0.3) is 0 Å². The highest BCUT2D eigenvalue weighted by atomic mass is 15.1. The van der Waals surface area contributed by atoms with Crippen LogP contribution in [-0.2, 0) is 19.4 Å². The molecule has 2 heteroatoms. The van der Waals surface area contributed by atoms with Gasteiger partial charge in [0, 0.05) is 13.1 Å². The first kappa shape index (κ1) is 12.1. The van der Waals surface area contributed by atoms with E-state index >= 15 is 0 Å². The summed E-state index contributed by atoms with van der Waals surface area (Å²) in [7, 11) is 2.08. The molecule has 0 bridgehead atoms. The molecule has 1 aromatic rings. The molecular formula is C15H20N2. The second-order valence-corrected chi connectivity index (χ2v) is 5.18. The molecule has 2 nitrogen and oxygen atoms in total. The second-order valence-electron chi connectivity index (χ2n) is 5.18. The summed E-state index contributed by atoms with van der Waals surface area (Å²) in [6, 6.07) is 9.14. The maximum Gasteiger partial charge on any atom is 0.0666 e. The Morgan fingerprint density at radius 2 is 2.12 bits per heavy atom. The number of nitriles is 1. The maximum absolute atomic E-state index is 8.80. The Kier molecular flexibility index (Phi) is 3.81. The highest BCUT2D eigenvalue weighted by Crippen LogP contribution is 2.23. The van der Waals surface area contributed by atoms with Crippen LogP contribution in [0.1, 0.15) is 30.0 Å². The Labute approximate surface area is 104 Å². The average Bonchev–Trinajstić information content (AvgIpc) is 2.75. The third-order valence-corrected chi connectivity index (χ3v) is 3.42. The van der Waals surface area contributed by atoms with E-state index in [1.165, 1.54) is 36.0 Å². The lowest BCUT2D eigenvalue weighted by atomic mass is 10.1. The zero-order valence-corrected chi connectivity index (χ0v) is 10.7. The van der Waals surface area contributed by atoms with Gasteiger partial charge in [0.2, 0.25) is 0 Å². The van der Waals surface area contributed by atoms with Crippen molar-refractivity contribution in [2.24, 2.45) is 5.92 Å². The molecule has 0 saturated heterocycles. The van der Waals surface area contributed by atoms with Crippen LogP contribution >= 0.6 is 0 Å². The molecule has 1 aliphatic rings. The summed E-state index contributed by atoms with van der Waals surface area (Å²) in [5.41, 5.74) is 4.43. The Bertz CT molecular complexity index is 431. The third-order valence-electron chi connectivity index (χ3n) is 3.42. The van der Waals surface area contributed by atoms with Gasteiger partial charge >= 0.3 is 0 Å². The lowest BCUT2D eigenvalue weighted by molar-refractivity contribution is 0.303. The summed E-state index contributed by atoms with van der Waals surface area (Å²) >= 11 is 0. The number of hydrogen-bond donors (Lipinski definition) is 0. The second kappa shape index (κ2) is 5.33. The summed E-state index contributed by atoms with van der Waals surface area (Å²) < 4.78 is 0. The topological polar surface area (TPSA) is 27.0 Å². The molecule has 0 aliphatic heterocycles. The highest BCUT2D eigenvalue weighted by molar-refractivity contribution is 5.35. The van der Waals surface area contributed by atoms with Crippen molar-refractivity contribution in [1.82, 2.24) is 4.90 Å². The van der Waals surface area contributed by atoms with E-state index in [1.54, 1.807) is 0 Å². The Balaban J connectivity index is 1.97. The Morgan fingerprint density at radius 3 is 2.88 bits per heavy atom. The van der Waals surface area contributed by atoms with Crippen LogP contribution in [-0.4, -0.2) is 18.5 Å². The van der Waals surface area contributed by atoms with Gasteiger partial charge in [0.1, 0.15) is 0 Å². The van der Waals surface area contributed by atoms with Gasteiger partial charge in [-0.2, -0.15) is 5.26 Å². The van der Waals surface area contributed by atoms with Crippen LogP contribution in [0.2, 0.25) is 0 Å². The minimum Gasteiger partial charge on any atom is -0.301 e. The first-order chi connectivity index (χ1) is 8.19. The average molecular weight is 228 g/mol. The van der Waals surface area contributed by atoms with Crippen LogP contribution in [0.15, 0.2) is 18.2 Å². The fraction of sp³-hybridized carbons (Fsp3) is 0.533. The highest BCUT2D eigenvalue weighted by Gasteiger charge is 2.12. The van der Waals surface area contributed by atoms with Gasteiger partial charge < -0.3 is 4.90 Å². The molecule has 1 aliphatic carbocycles. The van der Waals surface area contributed by atoms with Gasteiger partial charge in [-0.25, -0.2) is 0 Å². The molecule has 0 fully saturated rings. The number of benzene rings is 1. The van der Waals surface area contributed by atoms with Gasteiger partial charge in [-0.15, -0.1) is 0 Å². The largest absolute Gasteiger partial charge is 0.301 e. The molecule has 0 N–H and O–H groups in total. The summed E-state index contributed by atoms with van der Waals surface area (Å²) in [4.78, 5) is 2.23. The van der Waals surface area contributed by atoms with E-state index in [0.717, 1.165) is 13.1 Å². The zero-order valence-electron chi connectivity index (χ0n) is 10.7. The standard InChI is InChI=1S/C15H20N2/c1-12(9-16)10-17(2)11-13-6-7-14-4-3-5-15(14)8-13/h6-8,12H,3-5,10-11H2,1-2H3.